The minimum Gasteiger partial charge on any atom is -0.466 e. The molecular formula is C37H75NO5. The Morgan fingerprint density at radius 1 is 0.558 bits per heavy atom. The normalized spacial score (nSPS) is 11.2. The quantitative estimate of drug-likeness (QED) is 0.0586. The number of hydrogen-bond donors (Lipinski definition) is 1. The molecule has 6 heteroatoms. The molecule has 258 valence electrons. The summed E-state index contributed by atoms with van der Waals surface area (Å²) >= 11 is 0. The molecule has 0 amide bonds. The fourth-order valence-electron chi connectivity index (χ4n) is 5.48. The Hall–Kier alpha value is -1.14. The minimum absolute atomic E-state index is 0. The number of hydrogen-bond acceptors (Lipinski definition) is 6. The molecule has 0 aromatic rings. The molecule has 0 fully saturated rings. The van der Waals surface area contributed by atoms with Crippen LogP contribution in [-0.2, 0) is 19.1 Å². The monoisotopic (exact) mass is 614 g/mol. The zero-order chi connectivity index (χ0) is 30.9. The molecule has 1 N–H and O–H groups in total. The summed E-state index contributed by atoms with van der Waals surface area (Å²) in [5.41, 5.74) is 0. The average Bonchev–Trinajstić information content (AvgIpc) is 2.98. The second-order valence-corrected chi connectivity index (χ2v) is 12.3. The second-order valence-electron chi connectivity index (χ2n) is 12.3. The summed E-state index contributed by atoms with van der Waals surface area (Å²) in [6.07, 6.45) is 27.7. The van der Waals surface area contributed by atoms with E-state index in [1.165, 1.54) is 77.0 Å². The first-order valence-electron chi connectivity index (χ1n) is 18.3. The van der Waals surface area contributed by atoms with Crippen molar-refractivity contribution < 1.29 is 24.2 Å². The van der Waals surface area contributed by atoms with Gasteiger partial charge in [-0.05, 0) is 64.5 Å². The molecule has 0 aliphatic carbocycles. The van der Waals surface area contributed by atoms with Crippen molar-refractivity contribution in [2.75, 3.05) is 32.8 Å². The van der Waals surface area contributed by atoms with E-state index in [1.54, 1.807) is 0 Å². The lowest BCUT2D eigenvalue weighted by Gasteiger charge is -2.21. The van der Waals surface area contributed by atoms with E-state index in [1.807, 2.05) is 0 Å². The molecule has 0 heterocycles. The van der Waals surface area contributed by atoms with Crippen LogP contribution in [0.5, 0.6) is 0 Å². The zero-order valence-corrected chi connectivity index (χ0v) is 28.3. The number of carbonyl (C=O) groups is 2. The third kappa shape index (κ3) is 32.1. The van der Waals surface area contributed by atoms with Gasteiger partial charge in [0, 0.05) is 19.4 Å². The molecule has 0 aromatic heterocycles. The third-order valence-corrected chi connectivity index (χ3v) is 8.20. The fourth-order valence-corrected chi connectivity index (χ4v) is 5.48. The van der Waals surface area contributed by atoms with Crippen LogP contribution in [0.25, 0.3) is 0 Å². The number of rotatable bonds is 33. The van der Waals surface area contributed by atoms with E-state index >= 15 is 0 Å². The molecule has 0 atom stereocenters. The van der Waals surface area contributed by atoms with Gasteiger partial charge in [-0.25, -0.2) is 0 Å². The van der Waals surface area contributed by atoms with Crippen LogP contribution in [0, 0.1) is 0 Å². The number of aliphatic hydroxyl groups excluding tert-OH is 1. The molecule has 0 spiro atoms. The third-order valence-electron chi connectivity index (χ3n) is 8.20. The topological polar surface area (TPSA) is 76.1 Å². The summed E-state index contributed by atoms with van der Waals surface area (Å²) in [4.78, 5) is 26.7. The Morgan fingerprint density at radius 2 is 1.02 bits per heavy atom. The predicted octanol–water partition coefficient (Wildman–Crippen LogP) is 10.2. The highest BCUT2D eigenvalue weighted by Gasteiger charge is 2.14. The van der Waals surface area contributed by atoms with Crippen molar-refractivity contribution in [1.82, 2.24) is 4.90 Å². The van der Waals surface area contributed by atoms with Gasteiger partial charge in [0.15, 0.2) is 0 Å². The van der Waals surface area contributed by atoms with Crippen LogP contribution in [-0.4, -0.2) is 60.9 Å². The van der Waals surface area contributed by atoms with Crippen LogP contribution in [0.4, 0.5) is 0 Å². The summed E-state index contributed by atoms with van der Waals surface area (Å²) in [5.74, 6) is -0.111. The van der Waals surface area contributed by atoms with Gasteiger partial charge in [0.25, 0.3) is 0 Å². The van der Waals surface area contributed by atoms with Gasteiger partial charge in [0.1, 0.15) is 6.10 Å². The van der Waals surface area contributed by atoms with Gasteiger partial charge in [0.2, 0.25) is 0 Å². The number of aliphatic hydroxyl groups is 1. The van der Waals surface area contributed by atoms with Crippen molar-refractivity contribution in [3.05, 3.63) is 0 Å². The first-order chi connectivity index (χ1) is 20.6. The SMILES string of the molecule is C.CCCCCCCCC(CCCCCCCC)OC(=O)CCCCCCCN(CCO)CCCC(=O)OCCCCC. The molecule has 0 aromatic carbocycles. The highest BCUT2D eigenvalue weighted by Crippen LogP contribution is 2.18. The van der Waals surface area contributed by atoms with Crippen molar-refractivity contribution in [3.8, 4) is 0 Å². The van der Waals surface area contributed by atoms with Crippen molar-refractivity contribution in [2.45, 2.75) is 195 Å². The minimum atomic E-state index is -0.107. The van der Waals surface area contributed by atoms with Crippen molar-refractivity contribution in [3.63, 3.8) is 0 Å². The lowest BCUT2D eigenvalue weighted by atomic mass is 10.0. The smallest absolute Gasteiger partial charge is 0.306 e. The molecule has 43 heavy (non-hydrogen) atoms. The van der Waals surface area contributed by atoms with Crippen LogP contribution in [0.2, 0.25) is 0 Å². The highest BCUT2D eigenvalue weighted by molar-refractivity contribution is 5.69. The Balaban J connectivity index is 0. The van der Waals surface area contributed by atoms with Gasteiger partial charge < -0.3 is 19.5 Å². The number of ether oxygens (including phenoxy) is 2. The van der Waals surface area contributed by atoms with E-state index in [9.17, 15) is 14.7 Å². The number of nitrogens with zero attached hydrogens (tertiary/aromatic N) is 1. The fraction of sp³-hybridized carbons (Fsp3) is 0.946. The van der Waals surface area contributed by atoms with Gasteiger partial charge in [-0.15, -0.1) is 0 Å². The zero-order valence-electron chi connectivity index (χ0n) is 28.3. The van der Waals surface area contributed by atoms with Gasteiger partial charge in [-0.1, -0.05) is 125 Å². The van der Waals surface area contributed by atoms with E-state index in [2.05, 4.69) is 25.7 Å². The van der Waals surface area contributed by atoms with Crippen LogP contribution >= 0.6 is 0 Å². The molecule has 0 aliphatic heterocycles. The second kappa shape index (κ2) is 35.3. The molecule has 0 unspecified atom stereocenters. The maximum Gasteiger partial charge on any atom is 0.306 e. The standard InChI is InChI=1S/C36H71NO5.CH4/c1-4-7-10-12-15-19-25-34(26-20-16-13-11-8-5-2)42-36(40)27-21-17-14-18-22-29-37(31-32-38)30-24-28-35(39)41-33-23-9-6-3;/h34,38H,4-33H2,1-3H3;1H4. The Kier molecular flexibility index (Phi) is 36.2. The van der Waals surface area contributed by atoms with E-state index in [-0.39, 0.29) is 32.1 Å². The molecule has 0 rings (SSSR count). The first kappa shape index (κ1) is 44.0. The van der Waals surface area contributed by atoms with Crippen molar-refractivity contribution >= 4 is 11.9 Å². The Bertz CT molecular complexity index is 569. The summed E-state index contributed by atoms with van der Waals surface area (Å²) in [6, 6.07) is 0. The molecule has 0 radical (unpaired) electrons. The van der Waals surface area contributed by atoms with Gasteiger partial charge in [-0.2, -0.15) is 0 Å². The first-order valence-corrected chi connectivity index (χ1v) is 18.3. The summed E-state index contributed by atoms with van der Waals surface area (Å²) < 4.78 is 11.3. The molecule has 0 saturated carbocycles. The van der Waals surface area contributed by atoms with Gasteiger partial charge >= 0.3 is 11.9 Å². The van der Waals surface area contributed by atoms with E-state index in [0.717, 1.165) is 83.7 Å². The van der Waals surface area contributed by atoms with Crippen molar-refractivity contribution in [1.29, 1.82) is 0 Å². The molecule has 6 nitrogen and oxygen atoms in total. The molecule has 0 aliphatic rings. The molecular weight excluding hydrogens is 538 g/mol. The largest absolute Gasteiger partial charge is 0.466 e. The van der Waals surface area contributed by atoms with E-state index < -0.39 is 0 Å². The predicted molar refractivity (Wildman–Crippen MR) is 184 cm³/mol. The number of carbonyl (C=O) groups excluding carboxylic acids is 2. The van der Waals surface area contributed by atoms with Crippen LogP contribution < -0.4 is 0 Å². The number of unbranched alkanes of at least 4 members (excludes halogenated alkanes) is 16. The van der Waals surface area contributed by atoms with Crippen LogP contribution in [0.1, 0.15) is 189 Å². The van der Waals surface area contributed by atoms with Gasteiger partial charge in [0.05, 0.1) is 13.2 Å². The summed E-state index contributed by atoms with van der Waals surface area (Å²) in [5, 5.41) is 9.40. The molecule has 0 saturated heterocycles. The van der Waals surface area contributed by atoms with Crippen LogP contribution in [0.15, 0.2) is 0 Å². The molecule has 0 bridgehead atoms. The maximum absolute atomic E-state index is 12.6. The Morgan fingerprint density at radius 3 is 1.60 bits per heavy atom. The highest BCUT2D eigenvalue weighted by atomic mass is 16.5. The average molecular weight is 614 g/mol. The lowest BCUT2D eigenvalue weighted by Crippen LogP contribution is -2.29. The van der Waals surface area contributed by atoms with E-state index in [4.69, 9.17) is 9.47 Å². The maximum atomic E-state index is 12.6. The van der Waals surface area contributed by atoms with Crippen LogP contribution in [0.3, 0.4) is 0 Å². The number of esters is 2. The Labute approximate surface area is 268 Å². The summed E-state index contributed by atoms with van der Waals surface area (Å²) in [7, 11) is 0. The van der Waals surface area contributed by atoms with Crippen molar-refractivity contribution in [2.24, 2.45) is 0 Å². The van der Waals surface area contributed by atoms with Gasteiger partial charge in [-0.3, -0.25) is 9.59 Å². The van der Waals surface area contributed by atoms with E-state index in [0.29, 0.717) is 26.0 Å². The lowest BCUT2D eigenvalue weighted by molar-refractivity contribution is -0.150. The summed E-state index contributed by atoms with van der Waals surface area (Å²) in [6.45, 7) is 9.72.